The Morgan fingerprint density at radius 3 is 1.51 bits per heavy atom. The number of nitrogens with zero attached hydrogens (tertiary/aromatic N) is 1. The van der Waals surface area contributed by atoms with Crippen molar-refractivity contribution in [3.05, 3.63) is 140 Å². The third-order valence-corrected chi connectivity index (χ3v) is 5.26. The van der Waals surface area contributed by atoms with Crippen LogP contribution in [0.1, 0.15) is 0 Å². The van der Waals surface area contributed by atoms with Crippen LogP contribution >= 0.6 is 0 Å². The highest BCUT2D eigenvalue weighted by Gasteiger charge is 1.96. The van der Waals surface area contributed by atoms with Crippen LogP contribution in [0.25, 0.3) is 32.8 Å². The molecule has 0 aliphatic heterocycles. The molecule has 0 radical (unpaired) electrons. The van der Waals surface area contributed by atoms with Crippen molar-refractivity contribution in [1.82, 2.24) is 4.98 Å². The third kappa shape index (κ3) is 6.94. The van der Waals surface area contributed by atoms with E-state index in [1.54, 1.807) is 24.4 Å². The van der Waals surface area contributed by atoms with Gasteiger partial charge in [-0.3, -0.25) is 4.98 Å². The number of hydrogen-bond donors (Lipinski definition) is 2. The lowest BCUT2D eigenvalue weighted by molar-refractivity contribution is 0.480. The van der Waals surface area contributed by atoms with E-state index in [1.807, 2.05) is 66.7 Å². The molecular formula is C31H28AlNO2. The first kappa shape index (κ1) is 25.5. The molecule has 0 fully saturated rings. The van der Waals surface area contributed by atoms with Gasteiger partial charge in [0.2, 0.25) is 0 Å². The fourth-order valence-electron chi connectivity index (χ4n) is 3.56. The van der Waals surface area contributed by atoms with Crippen molar-refractivity contribution in [1.29, 1.82) is 0 Å². The van der Waals surface area contributed by atoms with Crippen LogP contribution in [0.15, 0.2) is 140 Å². The summed E-state index contributed by atoms with van der Waals surface area (Å²) < 4.78 is 0. The van der Waals surface area contributed by atoms with Gasteiger partial charge in [0.1, 0.15) is 17.0 Å². The Hall–Kier alpha value is -4.10. The Labute approximate surface area is 216 Å². The van der Waals surface area contributed by atoms with Gasteiger partial charge in [-0.2, -0.15) is 0 Å². The van der Waals surface area contributed by atoms with Crippen molar-refractivity contribution < 1.29 is 10.2 Å². The zero-order chi connectivity index (χ0) is 23.6. The van der Waals surface area contributed by atoms with Gasteiger partial charge in [-0.1, -0.05) is 115 Å². The molecule has 6 rings (SSSR count). The summed E-state index contributed by atoms with van der Waals surface area (Å²) in [6.07, 6.45) is 1.67. The first-order valence-corrected chi connectivity index (χ1v) is 11.0. The molecule has 0 unspecified atom stereocenters. The van der Waals surface area contributed by atoms with Crippen molar-refractivity contribution in [3.8, 4) is 22.6 Å². The molecule has 0 amide bonds. The lowest BCUT2D eigenvalue weighted by Gasteiger charge is -1.98. The molecule has 172 valence electrons. The first-order chi connectivity index (χ1) is 16.7. The number of aromatic hydroxyl groups is 2. The van der Waals surface area contributed by atoms with Gasteiger partial charge < -0.3 is 10.2 Å². The van der Waals surface area contributed by atoms with E-state index >= 15 is 0 Å². The van der Waals surface area contributed by atoms with Crippen LogP contribution < -0.4 is 0 Å². The summed E-state index contributed by atoms with van der Waals surface area (Å²) >= 11 is 0. The van der Waals surface area contributed by atoms with Crippen LogP contribution in [-0.2, 0) is 0 Å². The van der Waals surface area contributed by atoms with Gasteiger partial charge in [-0.05, 0) is 34.7 Å². The minimum Gasteiger partial charge on any atom is -0.507 e. The highest BCUT2D eigenvalue weighted by molar-refractivity contribution is 5.87. The van der Waals surface area contributed by atoms with Gasteiger partial charge in [0.05, 0.1) is 0 Å². The predicted octanol–water partition coefficient (Wildman–Crippen LogP) is 6.66. The van der Waals surface area contributed by atoms with E-state index in [4.69, 9.17) is 0 Å². The molecule has 0 aliphatic carbocycles. The number of hydrogen-bond acceptors (Lipinski definition) is 3. The molecular weight excluding hydrogens is 445 g/mol. The number of aromatic nitrogens is 1. The van der Waals surface area contributed by atoms with Crippen molar-refractivity contribution in [2.75, 3.05) is 0 Å². The molecule has 5 aromatic carbocycles. The summed E-state index contributed by atoms with van der Waals surface area (Å²) in [6, 6.07) is 43.2. The second kappa shape index (κ2) is 13.0. The minimum absolute atomic E-state index is 0. The fraction of sp³-hybridized carbons (Fsp3) is 0. The maximum atomic E-state index is 9.37. The summed E-state index contributed by atoms with van der Waals surface area (Å²) in [6.45, 7) is 0. The van der Waals surface area contributed by atoms with E-state index < -0.39 is 0 Å². The largest absolute Gasteiger partial charge is 0.507 e. The van der Waals surface area contributed by atoms with Gasteiger partial charge in [-0.15, -0.1) is 0 Å². The summed E-state index contributed by atoms with van der Waals surface area (Å²) in [4.78, 5) is 4.03. The number of benzene rings is 5. The Morgan fingerprint density at radius 2 is 0.914 bits per heavy atom. The second-order valence-electron chi connectivity index (χ2n) is 7.58. The second-order valence-corrected chi connectivity index (χ2v) is 7.58. The molecule has 0 aliphatic rings. The fourth-order valence-corrected chi connectivity index (χ4v) is 3.56. The molecule has 3 nitrogen and oxygen atoms in total. The highest BCUT2D eigenvalue weighted by Crippen LogP contribution is 2.23. The third-order valence-electron chi connectivity index (χ3n) is 5.26. The van der Waals surface area contributed by atoms with E-state index in [0.29, 0.717) is 11.3 Å². The van der Waals surface area contributed by atoms with E-state index in [9.17, 15) is 10.2 Å². The van der Waals surface area contributed by atoms with E-state index in [1.165, 1.54) is 11.1 Å². The number of pyridine rings is 1. The molecule has 0 atom stereocenters. The van der Waals surface area contributed by atoms with Crippen molar-refractivity contribution in [2.45, 2.75) is 0 Å². The molecule has 35 heavy (non-hydrogen) atoms. The standard InChI is InChI=1S/C12H10.C10H8O.C9H7NO.Al.3H/c1-3-7-11(8-4-1)12-9-5-2-6-10-12;11-10-7-3-5-8-4-1-2-6-9(8)10;11-8-5-1-3-7-4-2-6-10-9(7)8;;;;/h1-10H;1-7,11H;1-6,11H;;;;. The molecule has 4 heteroatoms. The normalized spacial score (nSPS) is 9.71. The number of fused-ring (bicyclic) bond motifs is 2. The zero-order valence-corrected chi connectivity index (χ0v) is 18.6. The lowest BCUT2D eigenvalue weighted by Crippen LogP contribution is -1.76. The average molecular weight is 474 g/mol. The van der Waals surface area contributed by atoms with Crippen LogP contribution in [-0.4, -0.2) is 32.6 Å². The molecule has 2 N–H and O–H groups in total. The van der Waals surface area contributed by atoms with Gasteiger partial charge >= 0.3 is 0 Å². The van der Waals surface area contributed by atoms with Crippen LogP contribution in [0.3, 0.4) is 0 Å². The van der Waals surface area contributed by atoms with Crippen LogP contribution in [0.4, 0.5) is 0 Å². The predicted molar refractivity (Wildman–Crippen MR) is 151 cm³/mol. The summed E-state index contributed by atoms with van der Waals surface area (Å²) in [5.74, 6) is 0.589. The van der Waals surface area contributed by atoms with Gasteiger partial charge in [0, 0.05) is 17.0 Å². The topological polar surface area (TPSA) is 53.4 Å². The highest BCUT2D eigenvalue weighted by atomic mass is 27.0. The Balaban J connectivity index is 0.000000145. The van der Waals surface area contributed by atoms with Crippen LogP contribution in [0.5, 0.6) is 11.5 Å². The number of phenols is 2. The molecule has 0 bridgehead atoms. The first-order valence-electron chi connectivity index (χ1n) is 11.0. The van der Waals surface area contributed by atoms with Crippen molar-refractivity contribution >= 4 is 39.0 Å². The molecule has 0 spiro atoms. The molecule has 1 heterocycles. The Morgan fingerprint density at radius 1 is 0.429 bits per heavy atom. The maximum Gasteiger partial charge on any atom is 0.187 e. The minimum atomic E-state index is 0. The van der Waals surface area contributed by atoms with Crippen LogP contribution in [0.2, 0.25) is 0 Å². The number of rotatable bonds is 1. The molecule has 1 aromatic heterocycles. The van der Waals surface area contributed by atoms with E-state index in [2.05, 4.69) is 53.5 Å². The number of phenolic OH excluding ortho intramolecular Hbond substituents is 2. The van der Waals surface area contributed by atoms with Gasteiger partial charge in [0.25, 0.3) is 0 Å². The van der Waals surface area contributed by atoms with Crippen LogP contribution in [0, 0.1) is 0 Å². The van der Waals surface area contributed by atoms with Gasteiger partial charge in [0.15, 0.2) is 17.4 Å². The molecule has 0 saturated heterocycles. The molecule has 0 saturated carbocycles. The molecule has 6 aromatic rings. The maximum absolute atomic E-state index is 9.37. The summed E-state index contributed by atoms with van der Waals surface area (Å²) in [7, 11) is 0. The quantitative estimate of drug-likeness (QED) is 0.263. The monoisotopic (exact) mass is 473 g/mol. The average Bonchev–Trinajstić information content (AvgIpc) is 2.91. The lowest BCUT2D eigenvalue weighted by atomic mass is 10.1. The smallest absolute Gasteiger partial charge is 0.187 e. The van der Waals surface area contributed by atoms with E-state index in [0.717, 1.165) is 16.2 Å². The Kier molecular flexibility index (Phi) is 9.45. The van der Waals surface area contributed by atoms with Crippen molar-refractivity contribution in [2.24, 2.45) is 0 Å². The van der Waals surface area contributed by atoms with Crippen molar-refractivity contribution in [3.63, 3.8) is 0 Å². The summed E-state index contributed by atoms with van der Waals surface area (Å²) in [5.41, 5.74) is 3.21. The summed E-state index contributed by atoms with van der Waals surface area (Å²) in [5, 5.41) is 21.6. The zero-order valence-electron chi connectivity index (χ0n) is 18.6. The number of para-hydroxylation sites is 1. The van der Waals surface area contributed by atoms with Gasteiger partial charge in [-0.25, -0.2) is 0 Å². The van der Waals surface area contributed by atoms with E-state index in [-0.39, 0.29) is 23.1 Å². The SMILES string of the molecule is Oc1cccc2ccccc12.Oc1cccc2cccnc12.[AlH3].c1ccc(-c2ccccc2)cc1. The Bertz CT molecular complexity index is 1350.